The molecule has 2 saturated heterocycles. The predicted octanol–water partition coefficient (Wildman–Crippen LogP) is 6.04. The number of likely N-dealkylation sites (tertiary alicyclic amines) is 1. The molecule has 1 atom stereocenters. The van der Waals surface area contributed by atoms with Crippen molar-refractivity contribution in [2.45, 2.75) is 43.9 Å². The van der Waals surface area contributed by atoms with Crippen LogP contribution in [0.5, 0.6) is 11.5 Å². The van der Waals surface area contributed by atoms with Crippen LogP contribution < -0.4 is 9.47 Å². The first-order chi connectivity index (χ1) is 20.7. The minimum absolute atomic E-state index is 0.299. The van der Waals surface area contributed by atoms with E-state index >= 15 is 0 Å². The number of rotatable bonds is 10. The molecular formula is C34H38F2N2O5. The fourth-order valence-electron chi connectivity index (χ4n) is 6.09. The van der Waals surface area contributed by atoms with Gasteiger partial charge in [0.05, 0.1) is 14.2 Å². The SMILES string of the molecule is COc1ccc(CCN2C(=O)OC3(CCN(CCC=C(c4ccc(F)cc4)c4ccc(F)cc4)CC3)C2(C)O)cc1OC. The van der Waals surface area contributed by atoms with Crippen LogP contribution in [0.25, 0.3) is 5.57 Å². The Kier molecular flexibility index (Phi) is 9.03. The van der Waals surface area contributed by atoms with Crippen molar-refractivity contribution in [1.29, 1.82) is 0 Å². The van der Waals surface area contributed by atoms with E-state index in [1.54, 1.807) is 45.4 Å². The lowest BCUT2D eigenvalue weighted by molar-refractivity contribution is -0.164. The van der Waals surface area contributed by atoms with Crippen LogP contribution in [0.2, 0.25) is 0 Å². The van der Waals surface area contributed by atoms with Gasteiger partial charge in [-0.3, -0.25) is 4.90 Å². The van der Waals surface area contributed by atoms with Crippen molar-refractivity contribution in [3.8, 4) is 11.5 Å². The molecule has 0 aliphatic carbocycles. The van der Waals surface area contributed by atoms with Crippen LogP contribution in [0.4, 0.5) is 13.6 Å². The Morgan fingerprint density at radius 3 is 2.05 bits per heavy atom. The van der Waals surface area contributed by atoms with E-state index in [0.29, 0.717) is 56.8 Å². The van der Waals surface area contributed by atoms with Gasteiger partial charge in [-0.2, -0.15) is 0 Å². The fraction of sp³-hybridized carbons (Fsp3) is 0.382. The topological polar surface area (TPSA) is 71.5 Å². The number of hydrogen-bond acceptors (Lipinski definition) is 6. The lowest BCUT2D eigenvalue weighted by atomic mass is 9.82. The number of hydrogen-bond donors (Lipinski definition) is 1. The summed E-state index contributed by atoms with van der Waals surface area (Å²) in [6.07, 6.45) is 3.82. The fourth-order valence-corrected chi connectivity index (χ4v) is 6.09. The largest absolute Gasteiger partial charge is 0.493 e. The zero-order chi connectivity index (χ0) is 30.6. The van der Waals surface area contributed by atoms with Crippen molar-refractivity contribution >= 4 is 11.7 Å². The van der Waals surface area contributed by atoms with Gasteiger partial charge in [-0.25, -0.2) is 13.6 Å². The number of aliphatic hydroxyl groups is 1. The zero-order valence-electron chi connectivity index (χ0n) is 24.8. The summed E-state index contributed by atoms with van der Waals surface area (Å²) in [4.78, 5) is 16.7. The number of carbonyl (C=O) groups excluding carboxylic acids is 1. The number of amides is 1. The van der Waals surface area contributed by atoms with Crippen LogP contribution >= 0.6 is 0 Å². The highest BCUT2D eigenvalue weighted by atomic mass is 19.1. The highest BCUT2D eigenvalue weighted by Crippen LogP contribution is 2.44. The average Bonchev–Trinajstić information content (AvgIpc) is 3.19. The Bertz CT molecular complexity index is 1400. The molecule has 5 rings (SSSR count). The maximum Gasteiger partial charge on any atom is 0.412 e. The molecule has 0 bridgehead atoms. The van der Waals surface area contributed by atoms with Gasteiger partial charge in [0.1, 0.15) is 11.6 Å². The van der Waals surface area contributed by atoms with Gasteiger partial charge >= 0.3 is 6.09 Å². The van der Waals surface area contributed by atoms with E-state index in [1.165, 1.54) is 29.2 Å². The Hall–Kier alpha value is -3.95. The van der Waals surface area contributed by atoms with E-state index in [0.717, 1.165) is 28.8 Å². The molecule has 1 unspecified atom stereocenters. The number of carbonyl (C=O) groups is 1. The maximum atomic E-state index is 13.6. The molecule has 3 aromatic carbocycles. The third kappa shape index (κ3) is 6.38. The van der Waals surface area contributed by atoms with Gasteiger partial charge in [-0.05, 0) is 78.4 Å². The summed E-state index contributed by atoms with van der Waals surface area (Å²) in [5.74, 6) is 0.610. The summed E-state index contributed by atoms with van der Waals surface area (Å²) in [6.45, 7) is 4.03. The second-order valence-electron chi connectivity index (χ2n) is 11.2. The van der Waals surface area contributed by atoms with Gasteiger partial charge in [0, 0.05) is 39.0 Å². The van der Waals surface area contributed by atoms with Crippen LogP contribution in [0, 0.1) is 11.6 Å². The molecule has 2 fully saturated rings. The normalized spacial score (nSPS) is 19.8. The highest BCUT2D eigenvalue weighted by Gasteiger charge is 2.62. The molecule has 1 amide bonds. The Labute approximate surface area is 251 Å². The van der Waals surface area contributed by atoms with Gasteiger partial charge in [0.15, 0.2) is 22.8 Å². The van der Waals surface area contributed by atoms with Crippen LogP contribution in [-0.2, 0) is 11.2 Å². The summed E-state index contributed by atoms with van der Waals surface area (Å²) in [6, 6.07) is 18.2. The Morgan fingerprint density at radius 1 is 0.907 bits per heavy atom. The van der Waals surface area contributed by atoms with Crippen molar-refractivity contribution in [3.63, 3.8) is 0 Å². The standard InChI is InChI=1S/C34H38F2N2O5/c1-33(40)34(43-32(39)38(33)20-16-24-6-15-30(41-2)31(23-24)42-3)17-21-37(22-18-34)19-4-5-29(25-7-11-27(35)12-8-25)26-9-13-28(36)14-10-26/h5-15,23,40H,4,16-22H2,1-3H3. The number of piperidine rings is 1. The molecule has 3 aromatic rings. The molecule has 0 radical (unpaired) electrons. The Balaban J connectivity index is 1.21. The average molecular weight is 593 g/mol. The minimum atomic E-state index is -1.45. The van der Waals surface area contributed by atoms with E-state index < -0.39 is 17.4 Å². The van der Waals surface area contributed by atoms with E-state index in [9.17, 15) is 18.7 Å². The smallest absolute Gasteiger partial charge is 0.412 e. The third-order valence-corrected chi connectivity index (χ3v) is 8.73. The molecule has 7 nitrogen and oxygen atoms in total. The first-order valence-electron chi connectivity index (χ1n) is 14.5. The molecule has 2 heterocycles. The maximum absolute atomic E-state index is 13.6. The van der Waals surface area contributed by atoms with Crippen molar-refractivity contribution in [2.24, 2.45) is 0 Å². The summed E-state index contributed by atoms with van der Waals surface area (Å²) >= 11 is 0. The molecule has 2 aliphatic heterocycles. The van der Waals surface area contributed by atoms with Gasteiger partial charge < -0.3 is 24.2 Å². The van der Waals surface area contributed by atoms with Crippen molar-refractivity contribution in [3.05, 3.63) is 101 Å². The highest BCUT2D eigenvalue weighted by molar-refractivity contribution is 5.79. The summed E-state index contributed by atoms with van der Waals surface area (Å²) in [5.41, 5.74) is 1.13. The van der Waals surface area contributed by atoms with E-state index in [-0.39, 0.29) is 11.6 Å². The second kappa shape index (κ2) is 12.7. The lowest BCUT2D eigenvalue weighted by Crippen LogP contribution is -2.60. The monoisotopic (exact) mass is 592 g/mol. The van der Waals surface area contributed by atoms with Crippen molar-refractivity contribution in [2.75, 3.05) is 40.4 Å². The van der Waals surface area contributed by atoms with Gasteiger partial charge in [0.2, 0.25) is 0 Å². The molecule has 0 aromatic heterocycles. The van der Waals surface area contributed by atoms with Gasteiger partial charge in [-0.15, -0.1) is 0 Å². The van der Waals surface area contributed by atoms with E-state index in [4.69, 9.17) is 14.2 Å². The molecule has 2 aliphatic rings. The van der Waals surface area contributed by atoms with Crippen molar-refractivity contribution in [1.82, 2.24) is 9.80 Å². The number of methoxy groups -OCH3 is 2. The summed E-state index contributed by atoms with van der Waals surface area (Å²) in [7, 11) is 3.16. The van der Waals surface area contributed by atoms with E-state index in [2.05, 4.69) is 11.0 Å². The number of halogens is 2. The Morgan fingerprint density at radius 2 is 1.49 bits per heavy atom. The molecule has 1 spiro atoms. The third-order valence-electron chi connectivity index (χ3n) is 8.73. The first-order valence-corrected chi connectivity index (χ1v) is 14.5. The van der Waals surface area contributed by atoms with Gasteiger partial charge in [0.25, 0.3) is 0 Å². The molecule has 9 heteroatoms. The molecule has 0 saturated carbocycles. The molecule has 43 heavy (non-hydrogen) atoms. The predicted molar refractivity (Wildman–Crippen MR) is 160 cm³/mol. The summed E-state index contributed by atoms with van der Waals surface area (Å²) in [5, 5.41) is 11.6. The first kappa shape index (κ1) is 30.5. The molecule has 228 valence electrons. The van der Waals surface area contributed by atoms with Crippen LogP contribution in [-0.4, -0.2) is 72.7 Å². The lowest BCUT2D eigenvalue weighted by Gasteiger charge is -2.45. The minimum Gasteiger partial charge on any atom is -0.493 e. The van der Waals surface area contributed by atoms with E-state index in [1.807, 2.05) is 18.2 Å². The number of nitrogens with zero attached hydrogens (tertiary/aromatic N) is 2. The molecule has 1 N–H and O–H groups in total. The second-order valence-corrected chi connectivity index (χ2v) is 11.2. The van der Waals surface area contributed by atoms with Crippen LogP contribution in [0.3, 0.4) is 0 Å². The van der Waals surface area contributed by atoms with Crippen LogP contribution in [0.1, 0.15) is 42.9 Å². The quantitative estimate of drug-likeness (QED) is 0.310. The zero-order valence-corrected chi connectivity index (χ0v) is 24.8. The summed E-state index contributed by atoms with van der Waals surface area (Å²) < 4.78 is 43.7. The number of ether oxygens (including phenoxy) is 3. The van der Waals surface area contributed by atoms with Gasteiger partial charge in [-0.1, -0.05) is 36.4 Å². The van der Waals surface area contributed by atoms with Crippen LogP contribution in [0.15, 0.2) is 72.8 Å². The van der Waals surface area contributed by atoms with Crippen molar-refractivity contribution < 1.29 is 32.9 Å². The number of benzene rings is 3. The molecular weight excluding hydrogens is 554 g/mol.